The quantitative estimate of drug-likeness (QED) is 0.357. The average molecular weight is 582 g/mol. The molecule has 0 aliphatic rings. The molecule has 3 rings (SSSR count). The molecule has 0 spiro atoms. The molecule has 0 fully saturated rings. The van der Waals surface area contributed by atoms with Gasteiger partial charge in [0.15, 0.2) is 0 Å². The fraction of sp³-hybridized carbons (Fsp3) is 0.355. The summed E-state index contributed by atoms with van der Waals surface area (Å²) >= 11 is 0. The van der Waals surface area contributed by atoms with Crippen molar-refractivity contribution in [3.8, 4) is 11.5 Å². The molecule has 0 bridgehead atoms. The molecule has 10 heteroatoms. The minimum absolute atomic E-state index is 0.0275. The molecular weight excluding hydrogens is 542 g/mol. The summed E-state index contributed by atoms with van der Waals surface area (Å²) in [5.41, 5.74) is 1.29. The molecule has 0 aromatic heterocycles. The number of aryl methyl sites for hydroxylation is 1. The molecule has 220 valence electrons. The van der Waals surface area contributed by atoms with E-state index < -0.39 is 34.1 Å². The van der Waals surface area contributed by atoms with Gasteiger partial charge in [0.05, 0.1) is 24.8 Å². The second-order valence-corrected chi connectivity index (χ2v) is 12.6. The molecule has 0 aliphatic carbocycles. The van der Waals surface area contributed by atoms with Crippen molar-refractivity contribution in [1.29, 1.82) is 0 Å². The van der Waals surface area contributed by atoms with E-state index in [1.54, 1.807) is 68.6 Å². The number of anilines is 1. The molecule has 2 amide bonds. The third-order valence-corrected chi connectivity index (χ3v) is 8.17. The van der Waals surface area contributed by atoms with Crippen molar-refractivity contribution in [3.63, 3.8) is 0 Å². The van der Waals surface area contributed by atoms with E-state index in [1.807, 2.05) is 33.8 Å². The smallest absolute Gasteiger partial charge is 0.264 e. The lowest BCUT2D eigenvalue weighted by Gasteiger charge is -2.33. The molecule has 0 radical (unpaired) electrons. The molecule has 0 saturated heterocycles. The number of para-hydroxylation sites is 2. The Morgan fingerprint density at radius 2 is 1.59 bits per heavy atom. The van der Waals surface area contributed by atoms with Crippen molar-refractivity contribution < 1.29 is 27.5 Å². The maximum Gasteiger partial charge on any atom is 0.264 e. The highest BCUT2D eigenvalue weighted by Gasteiger charge is 2.34. The van der Waals surface area contributed by atoms with Crippen LogP contribution in [-0.2, 0) is 26.2 Å². The average Bonchev–Trinajstić information content (AvgIpc) is 2.93. The number of hydrogen-bond acceptors (Lipinski definition) is 6. The highest BCUT2D eigenvalue weighted by Crippen LogP contribution is 2.32. The number of ether oxygens (including phenoxy) is 2. The molecular formula is C31H39N3O6S. The standard InChI is InChI=1S/C31H39N3O6S/c1-22-15-17-26(18-16-22)41(37,38)34(27-13-8-9-14-28(27)40-7)21-29(35)33(23(2)30(36)32-31(3,4)5)20-24-11-10-12-25(19-24)39-6/h8-19,23H,20-21H2,1-7H3,(H,32,36)/t23-/m0/s1. The maximum atomic E-state index is 14.1. The number of rotatable bonds is 11. The van der Waals surface area contributed by atoms with Crippen molar-refractivity contribution in [2.45, 2.75) is 57.6 Å². The Labute approximate surface area is 243 Å². The topological polar surface area (TPSA) is 105 Å². The number of hydrogen-bond donors (Lipinski definition) is 1. The molecule has 41 heavy (non-hydrogen) atoms. The number of amides is 2. The summed E-state index contributed by atoms with van der Waals surface area (Å²) in [7, 11) is -1.23. The van der Waals surface area contributed by atoms with E-state index in [-0.39, 0.29) is 28.8 Å². The lowest BCUT2D eigenvalue weighted by Crippen LogP contribution is -2.54. The first kappa shape index (κ1) is 31.5. The van der Waals surface area contributed by atoms with Crippen molar-refractivity contribution in [2.75, 3.05) is 25.1 Å². The van der Waals surface area contributed by atoms with Crippen LogP contribution < -0.4 is 19.1 Å². The van der Waals surface area contributed by atoms with Crippen LogP contribution in [0.4, 0.5) is 5.69 Å². The molecule has 0 saturated carbocycles. The van der Waals surface area contributed by atoms with E-state index in [1.165, 1.54) is 24.1 Å². The van der Waals surface area contributed by atoms with E-state index >= 15 is 0 Å². The number of methoxy groups -OCH3 is 2. The third kappa shape index (κ3) is 8.00. The predicted molar refractivity (Wildman–Crippen MR) is 160 cm³/mol. The van der Waals surface area contributed by atoms with Crippen LogP contribution in [0.25, 0.3) is 0 Å². The summed E-state index contributed by atoms with van der Waals surface area (Å²) in [4.78, 5) is 28.7. The Hall–Kier alpha value is -4.05. The molecule has 0 heterocycles. The summed E-state index contributed by atoms with van der Waals surface area (Å²) in [5.74, 6) is -0.0434. The van der Waals surface area contributed by atoms with Gasteiger partial charge < -0.3 is 19.7 Å². The Morgan fingerprint density at radius 3 is 2.20 bits per heavy atom. The van der Waals surface area contributed by atoms with Gasteiger partial charge >= 0.3 is 0 Å². The van der Waals surface area contributed by atoms with E-state index in [9.17, 15) is 18.0 Å². The monoisotopic (exact) mass is 581 g/mol. The van der Waals surface area contributed by atoms with Gasteiger partial charge in [-0.3, -0.25) is 13.9 Å². The van der Waals surface area contributed by atoms with Crippen molar-refractivity contribution in [3.05, 3.63) is 83.9 Å². The van der Waals surface area contributed by atoms with E-state index in [0.29, 0.717) is 5.75 Å². The maximum absolute atomic E-state index is 14.1. The molecule has 0 unspecified atom stereocenters. The number of carbonyl (C=O) groups excluding carboxylic acids is 2. The van der Waals surface area contributed by atoms with Crippen molar-refractivity contribution in [1.82, 2.24) is 10.2 Å². The summed E-state index contributed by atoms with van der Waals surface area (Å²) in [6, 6.07) is 19.3. The highest BCUT2D eigenvalue weighted by atomic mass is 32.2. The fourth-order valence-electron chi connectivity index (χ4n) is 4.21. The first-order valence-electron chi connectivity index (χ1n) is 13.2. The van der Waals surface area contributed by atoms with Gasteiger partial charge in [-0.05, 0) is 76.6 Å². The van der Waals surface area contributed by atoms with E-state index in [0.717, 1.165) is 15.4 Å². The SMILES string of the molecule is COc1cccc(CN(C(=O)CN(c2ccccc2OC)S(=O)(=O)c2ccc(C)cc2)[C@@H](C)C(=O)NC(C)(C)C)c1. The molecule has 9 nitrogen and oxygen atoms in total. The largest absolute Gasteiger partial charge is 0.497 e. The predicted octanol–water partition coefficient (Wildman–Crippen LogP) is 4.54. The van der Waals surface area contributed by atoms with Gasteiger partial charge in [0.25, 0.3) is 10.0 Å². The number of carbonyl (C=O) groups is 2. The van der Waals surface area contributed by atoms with Gasteiger partial charge in [0, 0.05) is 12.1 Å². The van der Waals surface area contributed by atoms with E-state index in [2.05, 4.69) is 5.32 Å². The fourth-order valence-corrected chi connectivity index (χ4v) is 5.64. The van der Waals surface area contributed by atoms with Crippen LogP contribution in [0.2, 0.25) is 0 Å². The minimum atomic E-state index is -4.21. The van der Waals surface area contributed by atoms with Crippen LogP contribution in [0, 0.1) is 6.92 Å². The van der Waals surface area contributed by atoms with Crippen LogP contribution in [0.15, 0.2) is 77.7 Å². The third-order valence-electron chi connectivity index (χ3n) is 6.39. The lowest BCUT2D eigenvalue weighted by molar-refractivity contribution is -0.140. The molecule has 0 aliphatic heterocycles. The van der Waals surface area contributed by atoms with Gasteiger partial charge in [-0.2, -0.15) is 0 Å². The zero-order valence-electron chi connectivity index (χ0n) is 24.7. The van der Waals surface area contributed by atoms with Crippen LogP contribution in [-0.4, -0.2) is 57.5 Å². The van der Waals surface area contributed by atoms with Gasteiger partial charge in [0.1, 0.15) is 24.1 Å². The van der Waals surface area contributed by atoms with Gasteiger partial charge in [0.2, 0.25) is 11.8 Å². The van der Waals surface area contributed by atoms with Crippen LogP contribution in [0.3, 0.4) is 0 Å². The zero-order valence-corrected chi connectivity index (χ0v) is 25.5. The number of sulfonamides is 1. The van der Waals surface area contributed by atoms with Crippen molar-refractivity contribution >= 4 is 27.5 Å². The van der Waals surface area contributed by atoms with Gasteiger partial charge in [-0.1, -0.05) is 42.0 Å². The number of nitrogens with one attached hydrogen (secondary N) is 1. The van der Waals surface area contributed by atoms with Crippen LogP contribution >= 0.6 is 0 Å². The molecule has 1 atom stereocenters. The first-order valence-corrected chi connectivity index (χ1v) is 14.7. The highest BCUT2D eigenvalue weighted by molar-refractivity contribution is 7.92. The summed E-state index contributed by atoms with van der Waals surface area (Å²) < 4.78 is 39.9. The lowest BCUT2D eigenvalue weighted by atomic mass is 10.1. The molecule has 3 aromatic carbocycles. The molecule has 3 aromatic rings. The Morgan fingerprint density at radius 1 is 0.927 bits per heavy atom. The van der Waals surface area contributed by atoms with Crippen LogP contribution in [0.1, 0.15) is 38.8 Å². The van der Waals surface area contributed by atoms with Gasteiger partial charge in [-0.25, -0.2) is 8.42 Å². The Bertz CT molecular complexity index is 1470. The van der Waals surface area contributed by atoms with Crippen LogP contribution in [0.5, 0.6) is 11.5 Å². The second kappa shape index (κ2) is 13.1. The second-order valence-electron chi connectivity index (χ2n) is 10.8. The summed E-state index contributed by atoms with van der Waals surface area (Å²) in [6.45, 7) is 8.53. The summed E-state index contributed by atoms with van der Waals surface area (Å²) in [5, 5.41) is 2.92. The van der Waals surface area contributed by atoms with Gasteiger partial charge in [-0.15, -0.1) is 0 Å². The Kier molecular flexibility index (Phi) is 10.0. The first-order chi connectivity index (χ1) is 19.3. The summed E-state index contributed by atoms with van der Waals surface area (Å²) in [6.07, 6.45) is 0. The van der Waals surface area contributed by atoms with E-state index in [4.69, 9.17) is 9.47 Å². The molecule has 1 N–H and O–H groups in total. The normalized spacial score (nSPS) is 12.3. The zero-order chi connectivity index (χ0) is 30.4. The van der Waals surface area contributed by atoms with Crippen molar-refractivity contribution in [2.24, 2.45) is 0 Å². The minimum Gasteiger partial charge on any atom is -0.497 e. The number of benzene rings is 3. The Balaban J connectivity index is 2.08. The number of nitrogens with zero attached hydrogens (tertiary/aromatic N) is 2.